The third-order valence-electron chi connectivity index (χ3n) is 4.53. The van der Waals surface area contributed by atoms with Gasteiger partial charge in [-0.3, -0.25) is 4.79 Å². The summed E-state index contributed by atoms with van der Waals surface area (Å²) in [6.07, 6.45) is 0.535. The topological polar surface area (TPSA) is 86.3 Å². The number of allylic oxidation sites excluding steroid dienone is 1. The number of esters is 1. The molecule has 31 heavy (non-hydrogen) atoms. The molecule has 1 aromatic carbocycles. The number of nitrogens with one attached hydrogen (secondary N) is 1. The Morgan fingerprint density at radius 2 is 1.71 bits per heavy atom. The Bertz CT molecular complexity index is 876. The van der Waals surface area contributed by atoms with Gasteiger partial charge in [-0.15, -0.1) is 0 Å². The SMILES string of the molecule is COC(=O)C1=C(OC)CC(C(=O)NCc2c(F)cc(F)cc2F)=CN1CC(OC)OC. The van der Waals surface area contributed by atoms with Gasteiger partial charge in [0.15, 0.2) is 12.0 Å². The highest BCUT2D eigenvalue weighted by molar-refractivity contribution is 5.96. The highest BCUT2D eigenvalue weighted by Crippen LogP contribution is 2.27. The summed E-state index contributed by atoms with van der Waals surface area (Å²) in [6, 6.07) is 1.05. The van der Waals surface area contributed by atoms with E-state index < -0.39 is 47.7 Å². The molecule has 0 aliphatic carbocycles. The Morgan fingerprint density at radius 1 is 1.10 bits per heavy atom. The van der Waals surface area contributed by atoms with Crippen molar-refractivity contribution < 1.29 is 41.7 Å². The zero-order valence-electron chi connectivity index (χ0n) is 17.5. The molecule has 1 heterocycles. The molecule has 0 bridgehead atoms. The molecule has 0 saturated carbocycles. The van der Waals surface area contributed by atoms with Crippen LogP contribution in [-0.2, 0) is 35.1 Å². The summed E-state index contributed by atoms with van der Waals surface area (Å²) in [5.74, 6) is -4.53. The van der Waals surface area contributed by atoms with Crippen LogP contribution in [0.1, 0.15) is 12.0 Å². The normalized spacial score (nSPS) is 13.9. The first-order valence-electron chi connectivity index (χ1n) is 9.05. The molecule has 1 amide bonds. The van der Waals surface area contributed by atoms with Gasteiger partial charge < -0.3 is 29.2 Å². The minimum Gasteiger partial charge on any atom is -0.498 e. The van der Waals surface area contributed by atoms with E-state index in [1.807, 2.05) is 0 Å². The summed E-state index contributed by atoms with van der Waals surface area (Å²) in [5, 5.41) is 2.38. The summed E-state index contributed by atoms with van der Waals surface area (Å²) in [5.41, 5.74) is -0.297. The van der Waals surface area contributed by atoms with Crippen molar-refractivity contribution in [3.63, 3.8) is 0 Å². The number of methoxy groups -OCH3 is 4. The van der Waals surface area contributed by atoms with Gasteiger partial charge in [-0.05, 0) is 0 Å². The van der Waals surface area contributed by atoms with Gasteiger partial charge in [0.1, 0.15) is 23.2 Å². The summed E-state index contributed by atoms with van der Waals surface area (Å²) < 4.78 is 61.1. The highest BCUT2D eigenvalue weighted by atomic mass is 19.1. The largest absolute Gasteiger partial charge is 0.498 e. The van der Waals surface area contributed by atoms with E-state index in [1.165, 1.54) is 39.5 Å². The number of benzene rings is 1. The fraction of sp³-hybridized carbons (Fsp3) is 0.400. The maximum atomic E-state index is 13.8. The van der Waals surface area contributed by atoms with Crippen molar-refractivity contribution >= 4 is 11.9 Å². The number of halogens is 3. The average molecular weight is 444 g/mol. The van der Waals surface area contributed by atoms with Crippen molar-refractivity contribution in [2.24, 2.45) is 0 Å². The maximum Gasteiger partial charge on any atom is 0.358 e. The summed E-state index contributed by atoms with van der Waals surface area (Å²) in [4.78, 5) is 26.3. The van der Waals surface area contributed by atoms with E-state index in [0.717, 1.165) is 0 Å². The number of hydrogen-bond acceptors (Lipinski definition) is 7. The second-order valence-corrected chi connectivity index (χ2v) is 6.38. The first-order valence-corrected chi connectivity index (χ1v) is 9.05. The van der Waals surface area contributed by atoms with Gasteiger partial charge in [0.2, 0.25) is 5.91 Å². The van der Waals surface area contributed by atoms with Crippen molar-refractivity contribution in [3.8, 4) is 0 Å². The fourth-order valence-electron chi connectivity index (χ4n) is 2.92. The lowest BCUT2D eigenvalue weighted by Crippen LogP contribution is -2.38. The molecule has 1 aliphatic heterocycles. The van der Waals surface area contributed by atoms with Crippen molar-refractivity contribution in [2.75, 3.05) is 35.0 Å². The van der Waals surface area contributed by atoms with Crippen LogP contribution in [-0.4, -0.2) is 58.1 Å². The number of rotatable bonds is 9. The quantitative estimate of drug-likeness (QED) is 0.460. The summed E-state index contributed by atoms with van der Waals surface area (Å²) >= 11 is 0. The van der Waals surface area contributed by atoms with Crippen molar-refractivity contribution in [1.82, 2.24) is 10.2 Å². The summed E-state index contributed by atoms with van der Waals surface area (Å²) in [7, 11) is 5.33. The molecular formula is C20H23F3N2O6. The van der Waals surface area contributed by atoms with Crippen LogP contribution in [0.5, 0.6) is 0 Å². The molecule has 0 aromatic heterocycles. The van der Waals surface area contributed by atoms with Gasteiger partial charge >= 0.3 is 5.97 Å². The molecular weight excluding hydrogens is 421 g/mol. The predicted molar refractivity (Wildman–Crippen MR) is 101 cm³/mol. The second-order valence-electron chi connectivity index (χ2n) is 6.38. The molecule has 11 heteroatoms. The lowest BCUT2D eigenvalue weighted by molar-refractivity contribution is -0.140. The van der Waals surface area contributed by atoms with E-state index in [2.05, 4.69) is 5.32 Å². The molecule has 1 aliphatic rings. The zero-order chi connectivity index (χ0) is 23.1. The monoisotopic (exact) mass is 444 g/mol. The van der Waals surface area contributed by atoms with Crippen molar-refractivity contribution in [1.29, 1.82) is 0 Å². The fourth-order valence-corrected chi connectivity index (χ4v) is 2.92. The van der Waals surface area contributed by atoms with E-state index in [-0.39, 0.29) is 30.0 Å². The standard InChI is InChI=1S/C20H23F3N2O6/c1-28-16-5-11(9-25(10-17(29-2)30-3)18(16)20(27)31-4)19(26)24-8-13-14(22)6-12(21)7-15(13)23/h6-7,9,17H,5,8,10H2,1-4H3,(H,24,26). The first kappa shape index (κ1) is 24.2. The predicted octanol–water partition coefficient (Wildman–Crippen LogP) is 1.96. The minimum atomic E-state index is -1.12. The third-order valence-corrected chi connectivity index (χ3v) is 4.53. The molecule has 0 atom stereocenters. The van der Waals surface area contributed by atoms with E-state index in [1.54, 1.807) is 0 Å². The molecule has 0 fully saturated rings. The average Bonchev–Trinajstić information content (AvgIpc) is 2.75. The molecule has 0 spiro atoms. The highest BCUT2D eigenvalue weighted by Gasteiger charge is 2.31. The Kier molecular flexibility index (Phi) is 8.46. The zero-order valence-corrected chi connectivity index (χ0v) is 17.5. The van der Waals surface area contributed by atoms with Gasteiger partial charge in [0.25, 0.3) is 0 Å². The molecule has 0 unspecified atom stereocenters. The number of ether oxygens (including phenoxy) is 4. The number of carbonyl (C=O) groups excluding carboxylic acids is 2. The number of nitrogens with zero attached hydrogens (tertiary/aromatic N) is 1. The number of amides is 1. The Labute approximate surface area is 177 Å². The van der Waals surface area contributed by atoms with Crippen LogP contribution in [0.25, 0.3) is 0 Å². The van der Waals surface area contributed by atoms with Crippen molar-refractivity contribution in [3.05, 3.63) is 58.4 Å². The molecule has 8 nitrogen and oxygen atoms in total. The van der Waals surface area contributed by atoms with Gasteiger partial charge in [-0.1, -0.05) is 0 Å². The van der Waals surface area contributed by atoms with Crippen LogP contribution in [0.4, 0.5) is 13.2 Å². The molecule has 2 rings (SSSR count). The van der Waals surface area contributed by atoms with Crippen molar-refractivity contribution in [2.45, 2.75) is 19.3 Å². The van der Waals surface area contributed by atoms with Crippen LogP contribution >= 0.6 is 0 Å². The van der Waals surface area contributed by atoms with Gasteiger partial charge in [-0.2, -0.15) is 0 Å². The van der Waals surface area contributed by atoms with Crippen LogP contribution < -0.4 is 5.32 Å². The van der Waals surface area contributed by atoms with Crippen LogP contribution in [0.2, 0.25) is 0 Å². The van der Waals surface area contributed by atoms with Gasteiger partial charge in [0.05, 0.1) is 20.8 Å². The molecule has 170 valence electrons. The van der Waals surface area contributed by atoms with Crippen LogP contribution in [0.3, 0.4) is 0 Å². The molecule has 0 radical (unpaired) electrons. The maximum absolute atomic E-state index is 13.8. The lowest BCUT2D eigenvalue weighted by atomic mass is 10.1. The molecule has 0 saturated heterocycles. The van der Waals surface area contributed by atoms with Gasteiger partial charge in [-0.25, -0.2) is 18.0 Å². The number of carbonyl (C=O) groups is 2. The van der Waals surface area contributed by atoms with E-state index in [9.17, 15) is 22.8 Å². The van der Waals surface area contributed by atoms with Gasteiger partial charge in [0, 0.05) is 56.7 Å². The smallest absolute Gasteiger partial charge is 0.358 e. The van der Waals surface area contributed by atoms with E-state index >= 15 is 0 Å². The Morgan fingerprint density at radius 3 is 2.23 bits per heavy atom. The van der Waals surface area contributed by atoms with E-state index in [4.69, 9.17) is 18.9 Å². The Hall–Kier alpha value is -3.05. The molecule has 1 aromatic rings. The van der Waals surface area contributed by atoms with Crippen LogP contribution in [0, 0.1) is 17.5 Å². The van der Waals surface area contributed by atoms with Crippen LogP contribution in [0.15, 0.2) is 35.4 Å². The Balaban J connectivity index is 2.27. The molecule has 1 N–H and O–H groups in total. The lowest BCUT2D eigenvalue weighted by Gasteiger charge is -2.31. The summed E-state index contributed by atoms with van der Waals surface area (Å²) in [6.45, 7) is -0.495. The third kappa shape index (κ3) is 5.76. The minimum absolute atomic E-state index is 0.0162. The van der Waals surface area contributed by atoms with E-state index in [0.29, 0.717) is 12.1 Å². The number of hydrogen-bond donors (Lipinski definition) is 1. The second kappa shape index (κ2) is 10.8. The first-order chi connectivity index (χ1) is 14.7.